The van der Waals surface area contributed by atoms with Crippen LogP contribution in [0.1, 0.15) is 19.8 Å². The van der Waals surface area contributed by atoms with E-state index in [1.165, 1.54) is 6.07 Å². The summed E-state index contributed by atoms with van der Waals surface area (Å²) in [5.74, 6) is 0.238. The van der Waals surface area contributed by atoms with Gasteiger partial charge in [0.25, 0.3) is 0 Å². The molecule has 7 heteroatoms. The third-order valence-electron chi connectivity index (χ3n) is 3.32. The second-order valence-electron chi connectivity index (χ2n) is 5.17. The van der Waals surface area contributed by atoms with Crippen molar-refractivity contribution in [2.75, 3.05) is 31.7 Å². The maximum absolute atomic E-state index is 11.0. The van der Waals surface area contributed by atoms with E-state index in [-0.39, 0.29) is 11.4 Å². The number of nitro benzene ring substituents is 1. The first-order valence-electron chi connectivity index (χ1n) is 6.99. The van der Waals surface area contributed by atoms with E-state index in [9.17, 15) is 15.2 Å². The van der Waals surface area contributed by atoms with Crippen LogP contribution in [0.2, 0.25) is 0 Å². The third kappa shape index (κ3) is 4.05. The molecule has 2 N–H and O–H groups in total. The van der Waals surface area contributed by atoms with Crippen LogP contribution in [0.3, 0.4) is 0 Å². The molecular weight excluding hydrogens is 276 g/mol. The fourth-order valence-electron chi connectivity index (χ4n) is 2.11. The molecule has 0 radical (unpaired) electrons. The molecule has 0 aliphatic carbocycles. The summed E-state index contributed by atoms with van der Waals surface area (Å²) in [6, 6.07) is 4.60. The molecule has 1 aliphatic rings. The highest BCUT2D eigenvalue weighted by molar-refractivity contribution is 5.58. The highest BCUT2D eigenvalue weighted by atomic mass is 16.6. The van der Waals surface area contributed by atoms with Gasteiger partial charge in [-0.1, -0.05) is 6.92 Å². The molecule has 0 bridgehead atoms. The third-order valence-corrected chi connectivity index (χ3v) is 3.32. The van der Waals surface area contributed by atoms with E-state index in [1.807, 2.05) is 6.92 Å². The number of hydrogen-bond donors (Lipinski definition) is 2. The monoisotopic (exact) mass is 296 g/mol. The smallest absolute Gasteiger partial charge is 0.311 e. The van der Waals surface area contributed by atoms with E-state index in [1.54, 1.807) is 12.1 Å². The standard InChI is InChI=1S/C14H20N2O5/c1-2-6-21-13-8-11(3-4-12(13)16(18)19)15-9-14(17)5-7-20-10-14/h3-4,8,15,17H,2,5-7,9-10H2,1H3. The van der Waals surface area contributed by atoms with Gasteiger partial charge in [0.05, 0.1) is 18.1 Å². The number of ether oxygens (including phenoxy) is 2. The molecule has 1 saturated heterocycles. The van der Waals surface area contributed by atoms with E-state index in [4.69, 9.17) is 9.47 Å². The summed E-state index contributed by atoms with van der Waals surface area (Å²) in [5, 5.41) is 24.2. The molecule has 7 nitrogen and oxygen atoms in total. The molecule has 0 aromatic heterocycles. The van der Waals surface area contributed by atoms with Crippen molar-refractivity contribution in [1.29, 1.82) is 0 Å². The predicted octanol–water partition coefficient (Wildman–Crippen LogP) is 1.95. The van der Waals surface area contributed by atoms with Gasteiger partial charge >= 0.3 is 5.69 Å². The lowest BCUT2D eigenvalue weighted by Gasteiger charge is -2.21. The van der Waals surface area contributed by atoms with Crippen LogP contribution in [-0.4, -0.2) is 42.0 Å². The molecule has 1 unspecified atom stereocenters. The molecule has 21 heavy (non-hydrogen) atoms. The van der Waals surface area contributed by atoms with Crippen LogP contribution in [-0.2, 0) is 4.74 Å². The Morgan fingerprint density at radius 2 is 2.38 bits per heavy atom. The number of anilines is 1. The molecule has 1 heterocycles. The Kier molecular flexibility index (Phi) is 4.98. The average Bonchev–Trinajstić information content (AvgIpc) is 2.90. The van der Waals surface area contributed by atoms with Gasteiger partial charge in [-0.15, -0.1) is 0 Å². The Hall–Kier alpha value is -1.86. The second kappa shape index (κ2) is 6.73. The van der Waals surface area contributed by atoms with Crippen molar-refractivity contribution < 1.29 is 19.5 Å². The van der Waals surface area contributed by atoms with Gasteiger partial charge in [-0.3, -0.25) is 10.1 Å². The number of aliphatic hydroxyl groups is 1. The minimum Gasteiger partial charge on any atom is -0.487 e. The summed E-state index contributed by atoms with van der Waals surface area (Å²) in [4.78, 5) is 10.5. The SMILES string of the molecule is CCCOc1cc(NCC2(O)CCOC2)ccc1[N+](=O)[O-]. The van der Waals surface area contributed by atoms with Crippen LogP contribution in [0.15, 0.2) is 18.2 Å². The quantitative estimate of drug-likeness (QED) is 0.590. The van der Waals surface area contributed by atoms with Gasteiger partial charge in [-0.25, -0.2) is 0 Å². The van der Waals surface area contributed by atoms with Crippen molar-refractivity contribution in [2.24, 2.45) is 0 Å². The molecule has 1 atom stereocenters. The Morgan fingerprint density at radius 1 is 1.57 bits per heavy atom. The van der Waals surface area contributed by atoms with Crippen LogP contribution >= 0.6 is 0 Å². The Labute approximate surface area is 123 Å². The van der Waals surface area contributed by atoms with E-state index < -0.39 is 10.5 Å². The van der Waals surface area contributed by atoms with Crippen molar-refractivity contribution in [1.82, 2.24) is 0 Å². The zero-order valence-electron chi connectivity index (χ0n) is 12.0. The molecule has 2 rings (SSSR count). The van der Waals surface area contributed by atoms with Gasteiger partial charge in [-0.05, 0) is 12.5 Å². The van der Waals surface area contributed by atoms with E-state index in [0.29, 0.717) is 38.5 Å². The van der Waals surface area contributed by atoms with Gasteiger partial charge in [0, 0.05) is 37.4 Å². The zero-order chi connectivity index (χ0) is 15.3. The average molecular weight is 296 g/mol. The molecule has 0 spiro atoms. The first kappa shape index (κ1) is 15.5. The molecule has 0 saturated carbocycles. The lowest BCUT2D eigenvalue weighted by atomic mass is 10.0. The van der Waals surface area contributed by atoms with Crippen LogP contribution in [0.25, 0.3) is 0 Å². The highest BCUT2D eigenvalue weighted by Gasteiger charge is 2.32. The Balaban J connectivity index is 2.07. The largest absolute Gasteiger partial charge is 0.487 e. The van der Waals surface area contributed by atoms with Crippen molar-refractivity contribution >= 4 is 11.4 Å². The number of nitrogens with zero attached hydrogens (tertiary/aromatic N) is 1. The fraction of sp³-hybridized carbons (Fsp3) is 0.571. The second-order valence-corrected chi connectivity index (χ2v) is 5.17. The molecule has 1 fully saturated rings. The molecule has 0 amide bonds. The topological polar surface area (TPSA) is 93.9 Å². The number of nitro groups is 1. The molecule has 1 aromatic rings. The van der Waals surface area contributed by atoms with Crippen molar-refractivity contribution in [3.8, 4) is 5.75 Å². The number of nitrogens with one attached hydrogen (secondary N) is 1. The lowest BCUT2D eigenvalue weighted by Crippen LogP contribution is -2.37. The Morgan fingerprint density at radius 3 is 3.00 bits per heavy atom. The maximum Gasteiger partial charge on any atom is 0.311 e. The van der Waals surface area contributed by atoms with Gasteiger partial charge < -0.3 is 19.9 Å². The zero-order valence-corrected chi connectivity index (χ0v) is 12.0. The van der Waals surface area contributed by atoms with Gasteiger partial charge in [0.15, 0.2) is 5.75 Å². The summed E-state index contributed by atoms with van der Waals surface area (Å²) in [7, 11) is 0. The molecular formula is C14H20N2O5. The number of rotatable bonds is 7. The normalized spacial score (nSPS) is 21.2. The first-order chi connectivity index (χ1) is 10.0. The minimum atomic E-state index is -0.883. The van der Waals surface area contributed by atoms with E-state index in [2.05, 4.69) is 5.32 Å². The lowest BCUT2D eigenvalue weighted by molar-refractivity contribution is -0.385. The Bertz CT molecular complexity index is 500. The molecule has 116 valence electrons. The van der Waals surface area contributed by atoms with Crippen LogP contribution in [0, 0.1) is 10.1 Å². The first-order valence-corrected chi connectivity index (χ1v) is 6.99. The number of hydrogen-bond acceptors (Lipinski definition) is 6. The maximum atomic E-state index is 11.0. The minimum absolute atomic E-state index is 0.0584. The summed E-state index contributed by atoms with van der Waals surface area (Å²) in [5.41, 5.74) is -0.268. The molecule has 1 aliphatic heterocycles. The number of benzene rings is 1. The summed E-state index contributed by atoms with van der Waals surface area (Å²) in [6.07, 6.45) is 1.35. The predicted molar refractivity (Wildman–Crippen MR) is 77.8 cm³/mol. The van der Waals surface area contributed by atoms with Crippen molar-refractivity contribution in [2.45, 2.75) is 25.4 Å². The molecule has 1 aromatic carbocycles. The van der Waals surface area contributed by atoms with Crippen LogP contribution < -0.4 is 10.1 Å². The highest BCUT2D eigenvalue weighted by Crippen LogP contribution is 2.30. The summed E-state index contributed by atoms with van der Waals surface area (Å²) < 4.78 is 10.6. The fourth-order valence-corrected chi connectivity index (χ4v) is 2.11. The summed E-state index contributed by atoms with van der Waals surface area (Å²) >= 11 is 0. The van der Waals surface area contributed by atoms with E-state index >= 15 is 0 Å². The summed E-state index contributed by atoms with van der Waals surface area (Å²) in [6.45, 7) is 3.53. The van der Waals surface area contributed by atoms with E-state index in [0.717, 1.165) is 6.42 Å². The van der Waals surface area contributed by atoms with Crippen LogP contribution in [0.5, 0.6) is 5.75 Å². The van der Waals surface area contributed by atoms with Gasteiger partial charge in [0.2, 0.25) is 0 Å². The van der Waals surface area contributed by atoms with Crippen molar-refractivity contribution in [3.05, 3.63) is 28.3 Å². The van der Waals surface area contributed by atoms with Gasteiger partial charge in [0.1, 0.15) is 5.60 Å². The van der Waals surface area contributed by atoms with Crippen molar-refractivity contribution in [3.63, 3.8) is 0 Å². The van der Waals surface area contributed by atoms with Crippen LogP contribution in [0.4, 0.5) is 11.4 Å². The van der Waals surface area contributed by atoms with Gasteiger partial charge in [-0.2, -0.15) is 0 Å².